The number of aryl methyl sites for hydroxylation is 1. The number of unbranched alkanes of at least 4 members (excludes halogenated alkanes) is 2. The fourth-order valence-corrected chi connectivity index (χ4v) is 2.16. The molecule has 0 aliphatic carbocycles. The summed E-state index contributed by atoms with van der Waals surface area (Å²) in [6, 6.07) is 8.29. The van der Waals surface area contributed by atoms with Gasteiger partial charge in [-0.05, 0) is 31.9 Å². The van der Waals surface area contributed by atoms with Crippen LogP contribution in [0.15, 0.2) is 24.3 Å². The Hall–Kier alpha value is -1.39. The summed E-state index contributed by atoms with van der Waals surface area (Å²) in [5.41, 5.74) is 2.28. The molecule has 0 saturated carbocycles. The lowest BCUT2D eigenvalue weighted by Gasteiger charge is -2.02. The van der Waals surface area contributed by atoms with Crippen LogP contribution in [-0.2, 0) is 13.6 Å². The van der Waals surface area contributed by atoms with Crippen LogP contribution in [0, 0.1) is 0 Å². The Balaban J connectivity index is 1.88. The maximum Gasteiger partial charge on any atom is 0.0841 e. The molecular formula is C14H21N3O. The van der Waals surface area contributed by atoms with Crippen molar-refractivity contribution in [2.45, 2.75) is 25.8 Å². The molecule has 1 heterocycles. The first-order valence-electron chi connectivity index (χ1n) is 6.55. The van der Waals surface area contributed by atoms with Gasteiger partial charge in [-0.15, -0.1) is 0 Å². The van der Waals surface area contributed by atoms with Crippen molar-refractivity contribution < 1.29 is 5.11 Å². The summed E-state index contributed by atoms with van der Waals surface area (Å²) >= 11 is 0. The van der Waals surface area contributed by atoms with Crippen LogP contribution >= 0.6 is 0 Å². The largest absolute Gasteiger partial charge is 0.396 e. The third-order valence-corrected chi connectivity index (χ3v) is 3.14. The van der Waals surface area contributed by atoms with Gasteiger partial charge in [-0.1, -0.05) is 18.2 Å². The summed E-state index contributed by atoms with van der Waals surface area (Å²) in [5, 5.41) is 17.9. The zero-order chi connectivity index (χ0) is 12.8. The van der Waals surface area contributed by atoms with E-state index < -0.39 is 0 Å². The molecule has 0 bridgehead atoms. The molecule has 2 rings (SSSR count). The number of rotatable bonds is 7. The second-order valence-corrected chi connectivity index (χ2v) is 4.55. The normalized spacial score (nSPS) is 11.2. The van der Waals surface area contributed by atoms with Crippen LogP contribution in [0.2, 0.25) is 0 Å². The minimum atomic E-state index is 0.297. The van der Waals surface area contributed by atoms with E-state index in [4.69, 9.17) is 5.11 Å². The quantitative estimate of drug-likeness (QED) is 0.734. The second kappa shape index (κ2) is 6.52. The number of benzene rings is 1. The van der Waals surface area contributed by atoms with E-state index in [0.29, 0.717) is 6.61 Å². The number of hydrogen-bond acceptors (Lipinski definition) is 3. The Bertz CT molecular complexity index is 493. The highest BCUT2D eigenvalue weighted by molar-refractivity contribution is 5.81. The predicted octanol–water partition coefficient (Wildman–Crippen LogP) is 1.83. The lowest BCUT2D eigenvalue weighted by molar-refractivity contribution is 0.283. The number of nitrogens with one attached hydrogen (secondary N) is 1. The van der Waals surface area contributed by atoms with E-state index in [1.54, 1.807) is 0 Å². The summed E-state index contributed by atoms with van der Waals surface area (Å²) in [6.45, 7) is 2.08. The molecule has 0 aliphatic heterocycles. The van der Waals surface area contributed by atoms with Crippen LogP contribution < -0.4 is 5.32 Å². The van der Waals surface area contributed by atoms with Crippen LogP contribution in [0.5, 0.6) is 0 Å². The maximum absolute atomic E-state index is 8.69. The van der Waals surface area contributed by atoms with Crippen molar-refractivity contribution in [3.8, 4) is 0 Å². The number of aliphatic hydroxyl groups excluding tert-OH is 1. The van der Waals surface area contributed by atoms with Crippen LogP contribution in [0.4, 0.5) is 0 Å². The van der Waals surface area contributed by atoms with Crippen molar-refractivity contribution in [1.82, 2.24) is 15.1 Å². The Morgan fingerprint density at radius 1 is 1.22 bits per heavy atom. The molecule has 0 fully saturated rings. The molecule has 2 aromatic rings. The van der Waals surface area contributed by atoms with Gasteiger partial charge in [0.25, 0.3) is 0 Å². The number of para-hydroxylation sites is 1. The molecule has 4 nitrogen and oxygen atoms in total. The molecule has 1 aromatic carbocycles. The van der Waals surface area contributed by atoms with Crippen molar-refractivity contribution in [2.24, 2.45) is 7.05 Å². The van der Waals surface area contributed by atoms with Crippen molar-refractivity contribution in [1.29, 1.82) is 0 Å². The molecule has 0 radical (unpaired) electrons. The van der Waals surface area contributed by atoms with E-state index in [1.807, 2.05) is 17.8 Å². The van der Waals surface area contributed by atoms with Gasteiger partial charge in [0, 0.05) is 25.6 Å². The fourth-order valence-electron chi connectivity index (χ4n) is 2.16. The van der Waals surface area contributed by atoms with E-state index in [-0.39, 0.29) is 0 Å². The first kappa shape index (κ1) is 13.1. The second-order valence-electron chi connectivity index (χ2n) is 4.55. The standard InChI is InChI=1S/C14H21N3O/c1-17-14-8-4-3-7-12(14)13(16-17)11-15-9-5-2-6-10-18/h3-4,7-8,15,18H,2,5-6,9-11H2,1H3. The molecule has 98 valence electrons. The summed E-state index contributed by atoms with van der Waals surface area (Å²) in [6.07, 6.45) is 3.08. The molecule has 18 heavy (non-hydrogen) atoms. The number of aliphatic hydroxyl groups is 1. The van der Waals surface area contributed by atoms with Gasteiger partial charge < -0.3 is 10.4 Å². The predicted molar refractivity (Wildman–Crippen MR) is 73.4 cm³/mol. The summed E-state index contributed by atoms with van der Waals surface area (Å²) < 4.78 is 1.93. The van der Waals surface area contributed by atoms with E-state index >= 15 is 0 Å². The first-order valence-corrected chi connectivity index (χ1v) is 6.55. The summed E-state index contributed by atoms with van der Waals surface area (Å²) in [4.78, 5) is 0. The van der Waals surface area contributed by atoms with Crippen molar-refractivity contribution in [2.75, 3.05) is 13.2 Å². The van der Waals surface area contributed by atoms with Crippen LogP contribution in [0.3, 0.4) is 0 Å². The van der Waals surface area contributed by atoms with Crippen LogP contribution in [0.1, 0.15) is 25.0 Å². The molecule has 0 saturated heterocycles. The van der Waals surface area contributed by atoms with Crippen LogP contribution in [-0.4, -0.2) is 28.0 Å². The highest BCUT2D eigenvalue weighted by Crippen LogP contribution is 2.16. The molecule has 0 spiro atoms. The van der Waals surface area contributed by atoms with Crippen molar-refractivity contribution in [3.63, 3.8) is 0 Å². The average Bonchev–Trinajstić information content (AvgIpc) is 2.71. The molecule has 2 N–H and O–H groups in total. The molecule has 1 aromatic heterocycles. The van der Waals surface area contributed by atoms with E-state index in [0.717, 1.165) is 38.0 Å². The Morgan fingerprint density at radius 2 is 2.06 bits per heavy atom. The van der Waals surface area contributed by atoms with Crippen molar-refractivity contribution in [3.05, 3.63) is 30.0 Å². The first-order chi connectivity index (χ1) is 8.83. The number of fused-ring (bicyclic) bond motifs is 1. The SMILES string of the molecule is Cn1nc(CNCCCCCO)c2ccccc21. The zero-order valence-corrected chi connectivity index (χ0v) is 10.9. The number of aromatic nitrogens is 2. The van der Waals surface area contributed by atoms with E-state index in [2.05, 4.69) is 28.6 Å². The highest BCUT2D eigenvalue weighted by Gasteiger charge is 2.06. The Labute approximate surface area is 108 Å². The van der Waals surface area contributed by atoms with Gasteiger partial charge in [0.2, 0.25) is 0 Å². The third-order valence-electron chi connectivity index (χ3n) is 3.14. The minimum Gasteiger partial charge on any atom is -0.396 e. The van der Waals surface area contributed by atoms with Crippen LogP contribution in [0.25, 0.3) is 10.9 Å². The monoisotopic (exact) mass is 247 g/mol. The third kappa shape index (κ3) is 3.09. The molecule has 0 aliphatic rings. The zero-order valence-electron chi connectivity index (χ0n) is 10.9. The minimum absolute atomic E-state index is 0.297. The molecule has 4 heteroatoms. The summed E-state index contributed by atoms with van der Waals surface area (Å²) in [5.74, 6) is 0. The van der Waals surface area contributed by atoms with Gasteiger partial charge in [0.1, 0.15) is 0 Å². The summed E-state index contributed by atoms with van der Waals surface area (Å²) in [7, 11) is 1.98. The molecule has 0 unspecified atom stereocenters. The number of hydrogen-bond donors (Lipinski definition) is 2. The number of nitrogens with zero attached hydrogens (tertiary/aromatic N) is 2. The van der Waals surface area contributed by atoms with E-state index in [9.17, 15) is 0 Å². The van der Waals surface area contributed by atoms with Gasteiger partial charge in [0.05, 0.1) is 11.2 Å². The average molecular weight is 247 g/mol. The van der Waals surface area contributed by atoms with E-state index in [1.165, 1.54) is 10.9 Å². The maximum atomic E-state index is 8.69. The fraction of sp³-hybridized carbons (Fsp3) is 0.500. The van der Waals surface area contributed by atoms with Gasteiger partial charge in [-0.2, -0.15) is 5.10 Å². The highest BCUT2D eigenvalue weighted by atomic mass is 16.2. The van der Waals surface area contributed by atoms with Crippen molar-refractivity contribution >= 4 is 10.9 Å². The lowest BCUT2D eigenvalue weighted by Crippen LogP contribution is -2.15. The molecule has 0 amide bonds. The molecular weight excluding hydrogens is 226 g/mol. The van der Waals surface area contributed by atoms with Gasteiger partial charge in [-0.3, -0.25) is 4.68 Å². The Kier molecular flexibility index (Phi) is 4.73. The smallest absolute Gasteiger partial charge is 0.0841 e. The Morgan fingerprint density at radius 3 is 2.89 bits per heavy atom. The van der Waals surface area contributed by atoms with Gasteiger partial charge in [-0.25, -0.2) is 0 Å². The van der Waals surface area contributed by atoms with Gasteiger partial charge >= 0.3 is 0 Å². The lowest BCUT2D eigenvalue weighted by atomic mass is 10.2. The molecule has 0 atom stereocenters. The van der Waals surface area contributed by atoms with Gasteiger partial charge in [0.15, 0.2) is 0 Å². The topological polar surface area (TPSA) is 50.1 Å².